The molecule has 15 heteroatoms. The molecule has 1 aliphatic rings. The number of nitrogens with one attached hydrogen (secondary N) is 1. The zero-order chi connectivity index (χ0) is 30.5. The van der Waals surface area contributed by atoms with E-state index in [0.29, 0.717) is 19.4 Å². The first-order chi connectivity index (χ1) is 20.7. The van der Waals surface area contributed by atoms with Crippen molar-refractivity contribution >= 4 is 40.6 Å². The first-order valence-electron chi connectivity index (χ1n) is 13.9. The van der Waals surface area contributed by atoms with Crippen LogP contribution in [-0.4, -0.2) is 74.0 Å². The van der Waals surface area contributed by atoms with E-state index in [1.54, 1.807) is 30.1 Å². The third-order valence-corrected chi connectivity index (χ3v) is 7.37. The number of nitrogen functional groups attached to an aromatic ring is 1. The second kappa shape index (κ2) is 13.3. The van der Waals surface area contributed by atoms with Gasteiger partial charge in [-0.1, -0.05) is 11.6 Å². The van der Waals surface area contributed by atoms with Gasteiger partial charge in [-0.3, -0.25) is 14.3 Å². The Morgan fingerprint density at radius 3 is 2.77 bits per heavy atom. The molecule has 0 atom stereocenters. The Morgan fingerprint density at radius 2 is 2.02 bits per heavy atom. The molecule has 1 saturated heterocycles. The number of esters is 1. The molecular weight excluding hydrogens is 586 g/mol. The Balaban J connectivity index is 1.41. The molecular formula is C28H31ClF2N8O4. The fraction of sp³-hybridized carbons (Fsp3) is 0.393. The molecule has 0 radical (unpaired) electrons. The van der Waals surface area contributed by atoms with Crippen molar-refractivity contribution in [3.63, 3.8) is 0 Å². The summed E-state index contributed by atoms with van der Waals surface area (Å²) in [6.45, 7) is 1.37. The zero-order valence-electron chi connectivity index (χ0n) is 23.4. The Hall–Kier alpha value is -4.30. The maximum Gasteiger partial charge on any atom is 0.387 e. The zero-order valence-corrected chi connectivity index (χ0v) is 24.1. The molecule has 228 valence electrons. The number of nitrogens with two attached hydrogens (primary N) is 1. The van der Waals surface area contributed by atoms with E-state index >= 15 is 0 Å². The summed E-state index contributed by atoms with van der Waals surface area (Å²) in [5, 5.41) is 12.0. The Kier molecular flexibility index (Phi) is 9.36. The van der Waals surface area contributed by atoms with Gasteiger partial charge in [0.25, 0.3) is 5.91 Å². The van der Waals surface area contributed by atoms with Crippen molar-refractivity contribution in [2.24, 2.45) is 0 Å². The number of piperidine rings is 1. The molecule has 1 amide bonds. The highest BCUT2D eigenvalue weighted by atomic mass is 35.5. The van der Waals surface area contributed by atoms with Crippen LogP contribution < -0.4 is 15.8 Å². The number of nitrogens with zero attached hydrogens (tertiary/aromatic N) is 6. The number of hydrogen-bond acceptors (Lipinski definition) is 9. The van der Waals surface area contributed by atoms with Gasteiger partial charge in [0, 0.05) is 48.7 Å². The second-order valence-electron chi connectivity index (χ2n) is 9.97. The van der Waals surface area contributed by atoms with Gasteiger partial charge >= 0.3 is 12.6 Å². The van der Waals surface area contributed by atoms with Gasteiger partial charge in [0.1, 0.15) is 17.0 Å². The third kappa shape index (κ3) is 7.03. The molecule has 5 rings (SSSR count). The number of ether oxygens (including phenoxy) is 2. The predicted octanol–water partition coefficient (Wildman–Crippen LogP) is 4.66. The molecule has 1 fully saturated rings. The van der Waals surface area contributed by atoms with E-state index in [1.807, 2.05) is 0 Å². The molecule has 1 aliphatic heterocycles. The summed E-state index contributed by atoms with van der Waals surface area (Å²) >= 11 is 6.24. The normalized spacial score (nSPS) is 14.3. The number of rotatable bonds is 11. The van der Waals surface area contributed by atoms with Crippen LogP contribution in [-0.2, 0) is 9.53 Å². The summed E-state index contributed by atoms with van der Waals surface area (Å²) in [6.07, 6.45) is 7.35. The first kappa shape index (κ1) is 30.2. The molecule has 3 aromatic heterocycles. The summed E-state index contributed by atoms with van der Waals surface area (Å²) in [7, 11) is 0. The minimum Gasteiger partial charge on any atom is -0.466 e. The van der Waals surface area contributed by atoms with Gasteiger partial charge in [0.05, 0.1) is 18.3 Å². The highest BCUT2D eigenvalue weighted by Gasteiger charge is 2.27. The van der Waals surface area contributed by atoms with Gasteiger partial charge in [0.2, 0.25) is 0 Å². The van der Waals surface area contributed by atoms with Crippen molar-refractivity contribution < 1.29 is 27.8 Å². The van der Waals surface area contributed by atoms with Gasteiger partial charge in [-0.05, 0) is 57.0 Å². The Bertz CT molecular complexity index is 1600. The van der Waals surface area contributed by atoms with Crippen molar-refractivity contribution in [1.82, 2.24) is 29.3 Å². The highest BCUT2D eigenvalue weighted by Crippen LogP contribution is 2.38. The van der Waals surface area contributed by atoms with Gasteiger partial charge in [-0.15, -0.1) is 5.10 Å². The number of aromatic nitrogens is 5. The molecule has 0 spiro atoms. The van der Waals surface area contributed by atoms with Crippen LogP contribution >= 0.6 is 11.6 Å². The molecule has 0 saturated carbocycles. The number of halogens is 3. The quantitative estimate of drug-likeness (QED) is 0.230. The van der Waals surface area contributed by atoms with Gasteiger partial charge in [-0.25, -0.2) is 9.50 Å². The minimum atomic E-state index is -3.09. The van der Waals surface area contributed by atoms with Crippen molar-refractivity contribution in [2.45, 2.75) is 45.3 Å². The lowest BCUT2D eigenvalue weighted by Crippen LogP contribution is -2.35. The number of benzene rings is 1. The Labute approximate surface area is 250 Å². The summed E-state index contributed by atoms with van der Waals surface area (Å²) in [5.41, 5.74) is 7.00. The number of amides is 1. The molecule has 0 aliphatic carbocycles. The van der Waals surface area contributed by atoms with Crippen LogP contribution in [0.15, 0.2) is 42.9 Å². The van der Waals surface area contributed by atoms with Crippen molar-refractivity contribution in [3.05, 3.63) is 53.4 Å². The number of likely N-dealkylation sites (tertiary alicyclic amines) is 1. The van der Waals surface area contributed by atoms with Crippen molar-refractivity contribution in [1.29, 1.82) is 0 Å². The molecule has 43 heavy (non-hydrogen) atoms. The van der Waals surface area contributed by atoms with E-state index in [1.165, 1.54) is 28.9 Å². The number of carbonyl (C=O) groups is 2. The summed E-state index contributed by atoms with van der Waals surface area (Å²) < 4.78 is 39.5. The largest absolute Gasteiger partial charge is 0.466 e. The van der Waals surface area contributed by atoms with E-state index in [0.717, 1.165) is 32.5 Å². The molecule has 0 unspecified atom stereocenters. The monoisotopic (exact) mass is 616 g/mol. The standard InChI is InChI=1S/C28H31ClF2N8O4/c1-2-42-22(40)5-3-11-37-13-8-18(9-14-37)39-16-20(24(35-39)19-15-17(29)6-7-21(19)43-28(30)31)34-27(41)23-25(32)36-38-12-4-10-33-26(23)38/h4,6-7,10,12,15-16,18,28H,2-3,5,8-9,11,13-14H2,1H3,(H2,32,36)(H,34,41). The van der Waals surface area contributed by atoms with Crippen LogP contribution in [0.3, 0.4) is 0 Å². The lowest BCUT2D eigenvalue weighted by Gasteiger charge is -2.31. The second-order valence-corrected chi connectivity index (χ2v) is 10.4. The SMILES string of the molecule is CCOC(=O)CCCN1CCC(n2cc(NC(=O)c3c(N)nn4cccnc34)c(-c3cc(Cl)ccc3OC(F)F)n2)CC1. The first-order valence-corrected chi connectivity index (χ1v) is 14.2. The van der Waals surface area contributed by atoms with Crippen LogP contribution in [0.2, 0.25) is 5.02 Å². The van der Waals surface area contributed by atoms with Crippen LogP contribution in [0.1, 0.15) is 49.0 Å². The maximum absolute atomic E-state index is 13.5. The number of anilines is 2. The number of fused-ring (bicyclic) bond motifs is 1. The van der Waals surface area contributed by atoms with Crippen molar-refractivity contribution in [2.75, 3.05) is 37.3 Å². The predicted molar refractivity (Wildman–Crippen MR) is 155 cm³/mol. The maximum atomic E-state index is 13.5. The van der Waals surface area contributed by atoms with E-state index in [9.17, 15) is 18.4 Å². The summed E-state index contributed by atoms with van der Waals surface area (Å²) in [6, 6.07) is 5.84. The van der Waals surface area contributed by atoms with Crippen LogP contribution in [0.5, 0.6) is 5.75 Å². The van der Waals surface area contributed by atoms with Crippen LogP contribution in [0, 0.1) is 0 Å². The topological polar surface area (TPSA) is 142 Å². The van der Waals surface area contributed by atoms with Crippen molar-refractivity contribution in [3.8, 4) is 17.0 Å². The molecule has 1 aromatic carbocycles. The highest BCUT2D eigenvalue weighted by molar-refractivity contribution is 6.31. The van der Waals surface area contributed by atoms with Gasteiger partial charge in [-0.2, -0.15) is 13.9 Å². The fourth-order valence-corrected chi connectivity index (χ4v) is 5.32. The number of carbonyl (C=O) groups excluding carboxylic acids is 2. The van der Waals surface area contributed by atoms with Crippen LogP contribution in [0.25, 0.3) is 16.9 Å². The molecule has 4 aromatic rings. The summed E-state index contributed by atoms with van der Waals surface area (Å²) in [5.74, 6) is -0.964. The van der Waals surface area contributed by atoms with E-state index in [4.69, 9.17) is 31.9 Å². The molecule has 0 bridgehead atoms. The van der Waals surface area contributed by atoms with Gasteiger partial charge in [0.15, 0.2) is 11.5 Å². The summed E-state index contributed by atoms with van der Waals surface area (Å²) in [4.78, 5) is 31.6. The average molecular weight is 617 g/mol. The van der Waals surface area contributed by atoms with E-state index < -0.39 is 12.5 Å². The average Bonchev–Trinajstić information content (AvgIpc) is 3.54. The minimum absolute atomic E-state index is 0.0232. The smallest absolute Gasteiger partial charge is 0.387 e. The lowest BCUT2D eigenvalue weighted by atomic mass is 10.0. The third-order valence-electron chi connectivity index (χ3n) is 7.13. The fourth-order valence-electron chi connectivity index (χ4n) is 5.15. The van der Waals surface area contributed by atoms with E-state index in [2.05, 4.69) is 20.3 Å². The van der Waals surface area contributed by atoms with Gasteiger partial charge < -0.3 is 25.4 Å². The number of hydrogen-bond donors (Lipinski definition) is 2. The van der Waals surface area contributed by atoms with E-state index in [-0.39, 0.29) is 56.8 Å². The molecule has 12 nitrogen and oxygen atoms in total. The lowest BCUT2D eigenvalue weighted by molar-refractivity contribution is -0.143. The molecule has 4 heterocycles. The number of alkyl halides is 2. The Morgan fingerprint density at radius 1 is 1.23 bits per heavy atom. The molecule has 3 N–H and O–H groups in total. The van der Waals surface area contributed by atoms with Crippen LogP contribution in [0.4, 0.5) is 20.3 Å².